The highest BCUT2D eigenvalue weighted by Gasteiger charge is 2.51. The second-order valence-electron chi connectivity index (χ2n) is 4.58. The number of terminal acetylenes is 1. The summed E-state index contributed by atoms with van der Waals surface area (Å²) in [5.41, 5.74) is 4.72. The fourth-order valence-corrected chi connectivity index (χ4v) is 2.72. The Labute approximate surface area is 131 Å². The summed E-state index contributed by atoms with van der Waals surface area (Å²) in [6.07, 6.45) is 2.33. The van der Waals surface area contributed by atoms with Crippen LogP contribution in [-0.2, 0) is 18.6 Å². The normalized spacial score (nSPS) is 27.6. The standard InChI is InChI=1S/C12H14N3O7P/c1-2-5-20-10-9(22-23(18)19)7(6-16)21-11(10)15-4-3-8(13)14-12(15)17/h1,3-4,7,9-11,16H,5-6H2,(H2-,13,14,17,18,19)/p+1/t7-,9?,10+,11-/m1/s1. The van der Waals surface area contributed by atoms with Crippen LogP contribution in [-0.4, -0.2) is 51.1 Å². The largest absolute Gasteiger partial charge is 0.695 e. The molecule has 2 unspecified atom stereocenters. The van der Waals surface area contributed by atoms with Crippen LogP contribution in [0, 0.1) is 12.3 Å². The van der Waals surface area contributed by atoms with Gasteiger partial charge in [0.15, 0.2) is 12.3 Å². The van der Waals surface area contributed by atoms with Crippen LogP contribution < -0.4 is 11.4 Å². The summed E-state index contributed by atoms with van der Waals surface area (Å²) in [6, 6.07) is 1.37. The molecule has 23 heavy (non-hydrogen) atoms. The van der Waals surface area contributed by atoms with Gasteiger partial charge >= 0.3 is 13.9 Å². The molecule has 10 nitrogen and oxygen atoms in total. The molecule has 0 bridgehead atoms. The molecule has 11 heteroatoms. The minimum absolute atomic E-state index is 0.0234. The Balaban J connectivity index is 2.37. The van der Waals surface area contributed by atoms with Gasteiger partial charge in [0.2, 0.25) is 0 Å². The van der Waals surface area contributed by atoms with Gasteiger partial charge in [-0.3, -0.25) is 4.57 Å². The number of hydrogen-bond donors (Lipinski definition) is 3. The fraction of sp³-hybridized carbons (Fsp3) is 0.500. The summed E-state index contributed by atoms with van der Waals surface area (Å²) >= 11 is 0. The molecule has 5 atom stereocenters. The lowest BCUT2D eigenvalue weighted by molar-refractivity contribution is -0.0675. The van der Waals surface area contributed by atoms with Crippen molar-refractivity contribution in [1.29, 1.82) is 0 Å². The molecule has 4 N–H and O–H groups in total. The molecule has 2 rings (SSSR count). The quantitative estimate of drug-likeness (QED) is 0.426. The number of nitrogens with zero attached hydrogens (tertiary/aromatic N) is 2. The minimum Gasteiger partial charge on any atom is -0.394 e. The van der Waals surface area contributed by atoms with E-state index in [0.717, 1.165) is 4.57 Å². The molecule has 0 aliphatic carbocycles. The highest BCUT2D eigenvalue weighted by molar-refractivity contribution is 7.32. The third-order valence-electron chi connectivity index (χ3n) is 3.16. The Morgan fingerprint density at radius 1 is 1.57 bits per heavy atom. The second-order valence-corrected chi connectivity index (χ2v) is 5.26. The zero-order chi connectivity index (χ0) is 17.0. The number of nitrogen functional groups attached to an aromatic ring is 1. The first-order valence-corrected chi connectivity index (χ1v) is 7.60. The van der Waals surface area contributed by atoms with Crippen LogP contribution in [0.2, 0.25) is 0 Å². The van der Waals surface area contributed by atoms with Crippen LogP contribution in [0.15, 0.2) is 17.1 Å². The van der Waals surface area contributed by atoms with Crippen LogP contribution in [0.25, 0.3) is 0 Å². The predicted octanol–water partition coefficient (Wildman–Crippen LogP) is -1.23. The number of aliphatic hydroxyl groups is 1. The van der Waals surface area contributed by atoms with Gasteiger partial charge in [-0.1, -0.05) is 5.92 Å². The molecule has 124 valence electrons. The van der Waals surface area contributed by atoms with E-state index in [1.165, 1.54) is 12.3 Å². The van der Waals surface area contributed by atoms with E-state index in [0.29, 0.717) is 0 Å². The number of hydrogen-bond acceptors (Lipinski definition) is 8. The van der Waals surface area contributed by atoms with E-state index in [9.17, 15) is 14.5 Å². The third kappa shape index (κ3) is 3.92. The van der Waals surface area contributed by atoms with Crippen molar-refractivity contribution in [2.75, 3.05) is 18.9 Å². The van der Waals surface area contributed by atoms with E-state index in [4.69, 9.17) is 31.0 Å². The van der Waals surface area contributed by atoms with Gasteiger partial charge in [0.05, 0.1) is 6.61 Å². The smallest absolute Gasteiger partial charge is 0.394 e. The molecule has 1 aliphatic heterocycles. The van der Waals surface area contributed by atoms with Crippen LogP contribution in [0.5, 0.6) is 0 Å². The average Bonchev–Trinajstić information content (AvgIpc) is 2.82. The first-order valence-electron chi connectivity index (χ1n) is 6.47. The number of aliphatic hydroxyl groups excluding tert-OH is 1. The van der Waals surface area contributed by atoms with Gasteiger partial charge < -0.3 is 20.3 Å². The fourth-order valence-electron chi connectivity index (χ4n) is 2.25. The van der Waals surface area contributed by atoms with Crippen molar-refractivity contribution < 1.29 is 28.6 Å². The van der Waals surface area contributed by atoms with Crippen LogP contribution >= 0.6 is 8.25 Å². The highest BCUT2D eigenvalue weighted by atomic mass is 31.1. The Hall–Kier alpha value is -1.86. The zero-order valence-corrected chi connectivity index (χ0v) is 12.7. The first-order chi connectivity index (χ1) is 11.0. The van der Waals surface area contributed by atoms with E-state index in [2.05, 4.69) is 10.9 Å². The summed E-state index contributed by atoms with van der Waals surface area (Å²) in [5.74, 6) is 2.27. The number of rotatable bonds is 6. The molecule has 1 aromatic heterocycles. The highest BCUT2D eigenvalue weighted by Crippen LogP contribution is 2.36. The summed E-state index contributed by atoms with van der Waals surface area (Å²) in [5, 5.41) is 9.37. The van der Waals surface area contributed by atoms with Gasteiger partial charge in [-0.15, -0.1) is 15.8 Å². The number of aromatic nitrogens is 2. The van der Waals surface area contributed by atoms with E-state index >= 15 is 0 Å². The average molecular weight is 344 g/mol. The first kappa shape index (κ1) is 17.5. The lowest BCUT2D eigenvalue weighted by Gasteiger charge is -2.21. The lowest BCUT2D eigenvalue weighted by atomic mass is 10.1. The third-order valence-corrected chi connectivity index (χ3v) is 3.59. The van der Waals surface area contributed by atoms with Crippen molar-refractivity contribution in [2.24, 2.45) is 0 Å². The van der Waals surface area contributed by atoms with Crippen molar-refractivity contribution in [1.82, 2.24) is 9.55 Å². The lowest BCUT2D eigenvalue weighted by Crippen LogP contribution is -2.39. The number of anilines is 1. The molecule has 0 saturated carbocycles. The molecule has 0 radical (unpaired) electrons. The van der Waals surface area contributed by atoms with Gasteiger partial charge in [0.25, 0.3) is 0 Å². The zero-order valence-electron chi connectivity index (χ0n) is 11.8. The monoisotopic (exact) mass is 344 g/mol. The number of ether oxygens (including phenoxy) is 2. The second kappa shape index (κ2) is 7.61. The van der Waals surface area contributed by atoms with Crippen LogP contribution in [0.3, 0.4) is 0 Å². The Morgan fingerprint density at radius 2 is 2.30 bits per heavy atom. The van der Waals surface area contributed by atoms with E-state index < -0.39 is 45.1 Å². The Bertz CT molecular complexity index is 673. The molecule has 1 saturated heterocycles. The number of nitrogens with two attached hydrogens (primary N) is 1. The molecule has 0 spiro atoms. The van der Waals surface area contributed by atoms with Crippen molar-refractivity contribution in [3.05, 3.63) is 22.7 Å². The topological polar surface area (TPSA) is 146 Å². The van der Waals surface area contributed by atoms with Crippen molar-refractivity contribution >= 4 is 14.1 Å². The molecule has 1 fully saturated rings. The van der Waals surface area contributed by atoms with E-state index in [1.54, 1.807) is 0 Å². The minimum atomic E-state index is -2.98. The maximum atomic E-state index is 12.0. The molecule has 0 aromatic carbocycles. The predicted molar refractivity (Wildman–Crippen MR) is 77.2 cm³/mol. The summed E-state index contributed by atoms with van der Waals surface area (Å²) in [6.45, 7) is -0.667. The van der Waals surface area contributed by atoms with Gasteiger partial charge in [-0.25, -0.2) is 4.79 Å². The summed E-state index contributed by atoms with van der Waals surface area (Å²) < 4.78 is 27.8. The van der Waals surface area contributed by atoms with E-state index in [-0.39, 0.29) is 12.4 Å². The molecular formula is C12H15N3O7P+. The Morgan fingerprint density at radius 3 is 2.87 bits per heavy atom. The maximum Gasteiger partial charge on any atom is 0.695 e. The molecule has 1 aliphatic rings. The molecule has 1 aromatic rings. The molecular weight excluding hydrogens is 329 g/mol. The Kier molecular flexibility index (Phi) is 5.79. The molecule has 2 heterocycles. The van der Waals surface area contributed by atoms with Gasteiger partial charge in [0, 0.05) is 10.8 Å². The van der Waals surface area contributed by atoms with Gasteiger partial charge in [0.1, 0.15) is 24.6 Å². The van der Waals surface area contributed by atoms with Crippen molar-refractivity contribution in [3.63, 3.8) is 0 Å². The van der Waals surface area contributed by atoms with Crippen molar-refractivity contribution in [2.45, 2.75) is 24.5 Å². The SMILES string of the molecule is C#CCO[C@H]1C(O[P+](=O)O)[C@@H](CO)O[C@H]1n1ccc(N)nc1=O. The molecule has 0 amide bonds. The summed E-state index contributed by atoms with van der Waals surface area (Å²) in [4.78, 5) is 24.5. The van der Waals surface area contributed by atoms with E-state index in [1.807, 2.05) is 0 Å². The van der Waals surface area contributed by atoms with Gasteiger partial charge in [-0.05, 0) is 6.07 Å². The maximum absolute atomic E-state index is 12.0. The van der Waals surface area contributed by atoms with Crippen LogP contribution in [0.1, 0.15) is 6.23 Å². The van der Waals surface area contributed by atoms with Crippen molar-refractivity contribution in [3.8, 4) is 12.3 Å². The summed E-state index contributed by atoms with van der Waals surface area (Å²) in [7, 11) is -2.98. The van der Waals surface area contributed by atoms with Crippen LogP contribution in [0.4, 0.5) is 5.82 Å². The van der Waals surface area contributed by atoms with Gasteiger partial charge in [-0.2, -0.15) is 4.98 Å².